The molecule has 1 rings (SSSR count). The zero-order chi connectivity index (χ0) is 6.69. The standard InChI is InChI=1S/C6H5N2O.K/c1-5(9)6-7-3-2-4-8-6;/h2-4H,1H2;/q-1;+1. The quantitative estimate of drug-likeness (QED) is 0.259. The first-order valence-electron chi connectivity index (χ1n) is 2.44. The summed E-state index contributed by atoms with van der Waals surface area (Å²) in [6.07, 6.45) is 3.01. The van der Waals surface area contributed by atoms with Gasteiger partial charge in [-0.3, -0.25) is 0 Å². The third-order valence-electron chi connectivity index (χ3n) is 0.815. The summed E-state index contributed by atoms with van der Waals surface area (Å²) in [5.41, 5.74) is 0. The van der Waals surface area contributed by atoms with E-state index in [1.165, 1.54) is 12.4 Å². The molecule has 0 N–H and O–H groups in total. The van der Waals surface area contributed by atoms with Gasteiger partial charge < -0.3 is 14.8 Å². The molecular formula is C6H5KN2O. The van der Waals surface area contributed by atoms with Gasteiger partial charge in [-0.2, -0.15) is 6.92 Å². The third-order valence-corrected chi connectivity index (χ3v) is 0.815. The van der Waals surface area contributed by atoms with E-state index in [1.54, 1.807) is 6.07 Å². The largest absolute Gasteiger partial charge is 1.00 e. The second kappa shape index (κ2) is 4.98. The van der Waals surface area contributed by atoms with Crippen molar-refractivity contribution in [2.45, 2.75) is 0 Å². The van der Waals surface area contributed by atoms with E-state index in [4.69, 9.17) is 0 Å². The molecule has 0 radical (unpaired) electrons. The van der Waals surface area contributed by atoms with Gasteiger partial charge in [-0.15, -0.1) is 0 Å². The molecule has 0 saturated carbocycles. The summed E-state index contributed by atoms with van der Waals surface area (Å²) in [5.74, 6) is -0.187. The van der Waals surface area contributed by atoms with Gasteiger partial charge in [0.15, 0.2) is 0 Å². The molecule has 1 aromatic rings. The number of ketones is 1. The number of Topliss-reactive ketones (excluding diaryl/α,β-unsaturated/α-hetero) is 1. The molecule has 0 atom stereocenters. The zero-order valence-corrected chi connectivity index (χ0v) is 8.86. The fourth-order valence-electron chi connectivity index (χ4n) is 0.443. The molecule has 0 aromatic carbocycles. The Morgan fingerprint density at radius 1 is 1.40 bits per heavy atom. The van der Waals surface area contributed by atoms with Crippen LogP contribution in [0.3, 0.4) is 0 Å². The van der Waals surface area contributed by atoms with Crippen LogP contribution in [0.1, 0.15) is 10.6 Å². The van der Waals surface area contributed by atoms with Gasteiger partial charge in [-0.05, 0) is 6.07 Å². The molecule has 0 aliphatic heterocycles. The Morgan fingerprint density at radius 2 is 1.90 bits per heavy atom. The molecule has 0 unspecified atom stereocenters. The molecule has 0 fully saturated rings. The maximum Gasteiger partial charge on any atom is 1.00 e. The molecule has 0 aliphatic carbocycles. The number of carbonyl (C=O) groups excluding carboxylic acids is 1. The SMILES string of the molecule is [CH2-]C(=O)c1ncccn1.[K+]. The van der Waals surface area contributed by atoms with Crippen molar-refractivity contribution < 1.29 is 56.2 Å². The van der Waals surface area contributed by atoms with Crippen molar-refractivity contribution in [3.8, 4) is 0 Å². The van der Waals surface area contributed by atoms with Gasteiger partial charge in [0.1, 0.15) is 0 Å². The minimum absolute atomic E-state index is 0. The van der Waals surface area contributed by atoms with Crippen LogP contribution in [0.4, 0.5) is 0 Å². The molecule has 0 amide bonds. The smallest absolute Gasteiger partial charge is 0.329 e. The summed E-state index contributed by atoms with van der Waals surface area (Å²) in [4.78, 5) is 17.7. The van der Waals surface area contributed by atoms with E-state index in [1.807, 2.05) is 0 Å². The van der Waals surface area contributed by atoms with Crippen molar-refractivity contribution in [3.63, 3.8) is 0 Å². The zero-order valence-electron chi connectivity index (χ0n) is 5.74. The fraction of sp³-hybridized carbons (Fsp3) is 0. The van der Waals surface area contributed by atoms with Crippen LogP contribution in [0.15, 0.2) is 18.5 Å². The normalized spacial score (nSPS) is 8.00. The summed E-state index contributed by atoms with van der Waals surface area (Å²) in [5, 5.41) is 0. The van der Waals surface area contributed by atoms with Crippen LogP contribution in [-0.2, 0) is 0 Å². The first-order valence-corrected chi connectivity index (χ1v) is 2.44. The maximum atomic E-state index is 10.4. The Kier molecular flexibility index (Phi) is 5.11. The molecule has 0 spiro atoms. The first kappa shape index (κ1) is 10.3. The molecule has 10 heavy (non-hydrogen) atoms. The fourth-order valence-corrected chi connectivity index (χ4v) is 0.443. The van der Waals surface area contributed by atoms with Crippen molar-refractivity contribution in [1.29, 1.82) is 0 Å². The Bertz CT molecular complexity index is 212. The molecule has 3 nitrogen and oxygen atoms in total. The van der Waals surface area contributed by atoms with Crippen LogP contribution in [-0.4, -0.2) is 15.8 Å². The molecule has 0 bridgehead atoms. The second-order valence-electron chi connectivity index (χ2n) is 1.50. The van der Waals surface area contributed by atoms with Crippen molar-refractivity contribution in [1.82, 2.24) is 9.97 Å². The van der Waals surface area contributed by atoms with Crippen LogP contribution < -0.4 is 51.4 Å². The minimum atomic E-state index is -0.351. The van der Waals surface area contributed by atoms with Gasteiger partial charge in [-0.1, -0.05) is 0 Å². The monoisotopic (exact) mass is 160 g/mol. The maximum absolute atomic E-state index is 10.4. The Hall–Kier alpha value is 0.256. The van der Waals surface area contributed by atoms with E-state index in [0.717, 1.165) is 0 Å². The van der Waals surface area contributed by atoms with Crippen LogP contribution in [0.5, 0.6) is 0 Å². The predicted molar refractivity (Wildman–Crippen MR) is 31.7 cm³/mol. The Balaban J connectivity index is 0.000000810. The summed E-state index contributed by atoms with van der Waals surface area (Å²) in [6.45, 7) is 3.14. The van der Waals surface area contributed by atoms with E-state index >= 15 is 0 Å². The van der Waals surface area contributed by atoms with Crippen LogP contribution in [0, 0.1) is 6.92 Å². The average Bonchev–Trinajstić information content (AvgIpc) is 1.90. The number of carbonyl (C=O) groups is 1. The minimum Gasteiger partial charge on any atom is -0.329 e. The van der Waals surface area contributed by atoms with Gasteiger partial charge in [0.2, 0.25) is 0 Å². The van der Waals surface area contributed by atoms with Gasteiger partial charge >= 0.3 is 51.4 Å². The number of nitrogens with zero attached hydrogens (tertiary/aromatic N) is 2. The van der Waals surface area contributed by atoms with Crippen molar-refractivity contribution in [2.24, 2.45) is 0 Å². The first-order chi connectivity index (χ1) is 4.30. The molecule has 4 heteroatoms. The van der Waals surface area contributed by atoms with E-state index in [2.05, 4.69) is 16.9 Å². The molecule has 1 heterocycles. The summed E-state index contributed by atoms with van der Waals surface area (Å²) in [6, 6.07) is 1.65. The van der Waals surface area contributed by atoms with Crippen LogP contribution in [0.2, 0.25) is 0 Å². The van der Waals surface area contributed by atoms with Crippen molar-refractivity contribution >= 4 is 5.78 Å². The van der Waals surface area contributed by atoms with E-state index in [9.17, 15) is 4.79 Å². The number of hydrogen-bond donors (Lipinski definition) is 0. The third kappa shape index (κ3) is 2.89. The molecular weight excluding hydrogens is 155 g/mol. The summed E-state index contributed by atoms with van der Waals surface area (Å²) >= 11 is 0. The van der Waals surface area contributed by atoms with Gasteiger partial charge in [0, 0.05) is 18.2 Å². The van der Waals surface area contributed by atoms with Gasteiger partial charge in [0.05, 0.1) is 5.78 Å². The van der Waals surface area contributed by atoms with E-state index < -0.39 is 0 Å². The summed E-state index contributed by atoms with van der Waals surface area (Å²) < 4.78 is 0. The van der Waals surface area contributed by atoms with Crippen LogP contribution in [0.25, 0.3) is 0 Å². The summed E-state index contributed by atoms with van der Waals surface area (Å²) in [7, 11) is 0. The average molecular weight is 160 g/mol. The topological polar surface area (TPSA) is 42.9 Å². The van der Waals surface area contributed by atoms with Gasteiger partial charge in [0.25, 0.3) is 0 Å². The molecule has 46 valence electrons. The predicted octanol–water partition coefficient (Wildman–Crippen LogP) is -2.50. The number of hydrogen-bond acceptors (Lipinski definition) is 3. The molecule has 0 saturated heterocycles. The second-order valence-corrected chi connectivity index (χ2v) is 1.50. The molecule has 1 aromatic heterocycles. The van der Waals surface area contributed by atoms with Crippen molar-refractivity contribution in [2.75, 3.05) is 0 Å². The van der Waals surface area contributed by atoms with E-state index in [0.29, 0.717) is 0 Å². The van der Waals surface area contributed by atoms with Gasteiger partial charge in [-0.25, -0.2) is 0 Å². The Labute approximate surface area is 102 Å². The molecule has 0 aliphatic rings. The van der Waals surface area contributed by atoms with Crippen LogP contribution >= 0.6 is 0 Å². The van der Waals surface area contributed by atoms with E-state index in [-0.39, 0.29) is 63.0 Å². The number of rotatable bonds is 1. The van der Waals surface area contributed by atoms with Crippen molar-refractivity contribution in [3.05, 3.63) is 31.2 Å². The number of aromatic nitrogens is 2. The Morgan fingerprint density at radius 3 is 2.20 bits per heavy atom.